The third-order valence-electron chi connectivity index (χ3n) is 0.919. The molecule has 0 amide bonds. The molecule has 0 aliphatic carbocycles. The van der Waals surface area contributed by atoms with E-state index in [1.54, 1.807) is 12.1 Å². The first-order chi connectivity index (χ1) is 4.22. The van der Waals surface area contributed by atoms with Gasteiger partial charge in [0.15, 0.2) is 0 Å². The lowest BCUT2D eigenvalue weighted by Gasteiger charge is -1.96. The average Bonchev–Trinajstić information content (AvgIpc) is 1.83. The van der Waals surface area contributed by atoms with Crippen molar-refractivity contribution in [2.75, 3.05) is 5.73 Å². The predicted octanol–water partition coefficient (Wildman–Crippen LogP) is 2.59. The van der Waals surface area contributed by atoms with Crippen LogP contribution in [-0.2, 0) is 0 Å². The van der Waals surface area contributed by atoms with E-state index in [1.165, 1.54) is 0 Å². The summed E-state index contributed by atoms with van der Waals surface area (Å²) >= 11 is 6.54. The van der Waals surface area contributed by atoms with Crippen molar-refractivity contribution >= 4 is 37.5 Å². The molecule has 0 bridgehead atoms. The summed E-state index contributed by atoms with van der Waals surface area (Å²) in [5.41, 5.74) is 6.25. The zero-order chi connectivity index (χ0) is 6.85. The molecule has 0 atom stereocenters. The van der Waals surface area contributed by atoms with Gasteiger partial charge in [0.05, 0.1) is 4.47 Å². The van der Waals surface area contributed by atoms with E-state index in [9.17, 15) is 0 Å². The van der Waals surface area contributed by atoms with Crippen molar-refractivity contribution in [3.63, 3.8) is 0 Å². The maximum atomic E-state index is 5.52. The van der Waals surface area contributed by atoms with E-state index in [1.807, 2.05) is 0 Å². The number of halogens is 2. The van der Waals surface area contributed by atoms with Crippen LogP contribution >= 0.6 is 31.9 Å². The number of hydrogen-bond donors (Lipinski definition) is 1. The Hall–Kier alpha value is -0.0200. The molecule has 47 valence electrons. The summed E-state index contributed by atoms with van der Waals surface area (Å²) in [6.45, 7) is 0. The Kier molecular flexibility index (Phi) is 2.13. The second-order valence-corrected chi connectivity index (χ2v) is 3.15. The monoisotopic (exact) mass is 248 g/mol. The van der Waals surface area contributed by atoms with Crippen molar-refractivity contribution in [2.24, 2.45) is 0 Å². The Morgan fingerprint density at radius 2 is 2.11 bits per heavy atom. The zero-order valence-electron chi connectivity index (χ0n) is 4.49. The summed E-state index contributed by atoms with van der Waals surface area (Å²) in [6.07, 6.45) is 0. The van der Waals surface area contributed by atoms with Crippen molar-refractivity contribution in [3.8, 4) is 0 Å². The second-order valence-electron chi connectivity index (χ2n) is 1.56. The highest BCUT2D eigenvalue weighted by molar-refractivity contribution is 9.13. The molecule has 1 aromatic carbocycles. The SMILES string of the molecule is Nc1cc[c]c(Br)c1Br. The molecule has 0 fully saturated rings. The van der Waals surface area contributed by atoms with Crippen LogP contribution in [0.5, 0.6) is 0 Å². The van der Waals surface area contributed by atoms with Gasteiger partial charge >= 0.3 is 0 Å². The van der Waals surface area contributed by atoms with Crippen LogP contribution in [0.15, 0.2) is 21.1 Å². The molecule has 1 rings (SSSR count). The van der Waals surface area contributed by atoms with Gasteiger partial charge in [0, 0.05) is 10.2 Å². The highest BCUT2D eigenvalue weighted by Gasteiger charge is 1.97. The van der Waals surface area contributed by atoms with Gasteiger partial charge in [0.25, 0.3) is 0 Å². The van der Waals surface area contributed by atoms with E-state index in [0.717, 1.165) is 14.6 Å². The summed E-state index contributed by atoms with van der Waals surface area (Å²) in [7, 11) is 0. The number of nitrogens with two attached hydrogens (primary N) is 1. The van der Waals surface area contributed by atoms with Gasteiger partial charge in [-0.2, -0.15) is 0 Å². The van der Waals surface area contributed by atoms with Crippen LogP contribution in [0.3, 0.4) is 0 Å². The molecule has 3 heteroatoms. The molecule has 2 N–H and O–H groups in total. The fourth-order valence-corrected chi connectivity index (χ4v) is 1.08. The van der Waals surface area contributed by atoms with Gasteiger partial charge < -0.3 is 5.73 Å². The minimum atomic E-state index is 0.723. The minimum Gasteiger partial charge on any atom is -0.398 e. The van der Waals surface area contributed by atoms with Crippen molar-refractivity contribution in [1.82, 2.24) is 0 Å². The summed E-state index contributed by atoms with van der Waals surface area (Å²) in [5, 5.41) is 0. The smallest absolute Gasteiger partial charge is 0.0553 e. The quantitative estimate of drug-likeness (QED) is 0.703. The summed E-state index contributed by atoms with van der Waals surface area (Å²) < 4.78 is 1.73. The molecule has 0 saturated heterocycles. The molecule has 1 radical (unpaired) electrons. The molecule has 0 spiro atoms. The molecule has 0 heterocycles. The van der Waals surface area contributed by atoms with Crippen molar-refractivity contribution in [3.05, 3.63) is 27.1 Å². The van der Waals surface area contributed by atoms with Crippen LogP contribution in [0.25, 0.3) is 0 Å². The van der Waals surface area contributed by atoms with Crippen LogP contribution in [0.4, 0.5) is 5.69 Å². The second kappa shape index (κ2) is 2.71. The molecule has 0 aliphatic rings. The van der Waals surface area contributed by atoms with Gasteiger partial charge in [0.1, 0.15) is 0 Å². The number of hydrogen-bond acceptors (Lipinski definition) is 1. The first-order valence-corrected chi connectivity index (χ1v) is 3.91. The largest absolute Gasteiger partial charge is 0.398 e. The Labute approximate surface area is 70.5 Å². The molecule has 1 aromatic rings. The lowest BCUT2D eigenvalue weighted by molar-refractivity contribution is 1.57. The van der Waals surface area contributed by atoms with Crippen LogP contribution in [0.1, 0.15) is 0 Å². The van der Waals surface area contributed by atoms with Crippen molar-refractivity contribution in [2.45, 2.75) is 0 Å². The summed E-state index contributed by atoms with van der Waals surface area (Å²) in [6, 6.07) is 6.48. The zero-order valence-corrected chi connectivity index (χ0v) is 7.66. The Morgan fingerprint density at radius 3 is 2.56 bits per heavy atom. The van der Waals surface area contributed by atoms with Crippen LogP contribution in [0, 0.1) is 6.07 Å². The fourth-order valence-electron chi connectivity index (χ4n) is 0.468. The fraction of sp³-hybridized carbons (Fsp3) is 0. The van der Waals surface area contributed by atoms with E-state index in [4.69, 9.17) is 5.73 Å². The van der Waals surface area contributed by atoms with Crippen molar-refractivity contribution in [1.29, 1.82) is 0 Å². The first kappa shape index (κ1) is 7.09. The Balaban J connectivity index is 3.25. The van der Waals surface area contributed by atoms with E-state index in [2.05, 4.69) is 37.9 Å². The topological polar surface area (TPSA) is 26.0 Å². The van der Waals surface area contributed by atoms with Gasteiger partial charge in [-0.3, -0.25) is 0 Å². The molecular weight excluding hydrogens is 246 g/mol. The van der Waals surface area contributed by atoms with Gasteiger partial charge in [-0.1, -0.05) is 6.07 Å². The Morgan fingerprint density at radius 1 is 1.44 bits per heavy atom. The molecule has 0 aromatic heterocycles. The molecule has 0 aliphatic heterocycles. The Bertz CT molecular complexity index is 202. The van der Waals surface area contributed by atoms with Gasteiger partial charge in [-0.25, -0.2) is 0 Å². The van der Waals surface area contributed by atoms with Crippen LogP contribution in [-0.4, -0.2) is 0 Å². The van der Waals surface area contributed by atoms with Crippen LogP contribution < -0.4 is 5.73 Å². The third kappa shape index (κ3) is 1.46. The highest BCUT2D eigenvalue weighted by Crippen LogP contribution is 2.27. The normalized spacial score (nSPS) is 9.56. The predicted molar refractivity (Wildman–Crippen MR) is 45.1 cm³/mol. The third-order valence-corrected chi connectivity index (χ3v) is 2.93. The first-order valence-electron chi connectivity index (χ1n) is 2.33. The standard InChI is InChI=1S/C6H4Br2N/c7-4-2-1-3-5(9)6(4)8/h1,3H,9H2. The van der Waals surface area contributed by atoms with E-state index in [-0.39, 0.29) is 0 Å². The number of rotatable bonds is 0. The van der Waals surface area contributed by atoms with E-state index in [0.29, 0.717) is 0 Å². The average molecular weight is 250 g/mol. The van der Waals surface area contributed by atoms with Gasteiger partial charge in [-0.15, -0.1) is 0 Å². The molecular formula is C6H4Br2N. The highest BCUT2D eigenvalue weighted by atomic mass is 79.9. The number of anilines is 1. The molecule has 0 unspecified atom stereocenters. The van der Waals surface area contributed by atoms with Gasteiger partial charge in [-0.05, 0) is 44.0 Å². The maximum absolute atomic E-state index is 5.52. The van der Waals surface area contributed by atoms with E-state index >= 15 is 0 Å². The molecule has 1 nitrogen and oxygen atoms in total. The maximum Gasteiger partial charge on any atom is 0.0553 e. The molecule has 9 heavy (non-hydrogen) atoms. The lowest BCUT2D eigenvalue weighted by Crippen LogP contribution is -1.85. The number of nitrogen functional groups attached to an aromatic ring is 1. The minimum absolute atomic E-state index is 0.723. The van der Waals surface area contributed by atoms with Crippen molar-refractivity contribution < 1.29 is 0 Å². The summed E-state index contributed by atoms with van der Waals surface area (Å²) in [5.74, 6) is 0. The lowest BCUT2D eigenvalue weighted by atomic mass is 10.3. The van der Waals surface area contributed by atoms with Gasteiger partial charge in [0.2, 0.25) is 0 Å². The molecule has 0 saturated carbocycles. The van der Waals surface area contributed by atoms with E-state index < -0.39 is 0 Å². The summed E-state index contributed by atoms with van der Waals surface area (Å²) in [4.78, 5) is 0. The van der Waals surface area contributed by atoms with Crippen LogP contribution in [0.2, 0.25) is 0 Å². The number of benzene rings is 1.